The maximum Gasteiger partial charge on any atom is 0.205 e. The van der Waals surface area contributed by atoms with Crippen LogP contribution in [0.2, 0.25) is 0 Å². The number of aromatic nitrogens is 4. The lowest BCUT2D eigenvalue weighted by Gasteiger charge is -2.39. The van der Waals surface area contributed by atoms with Crippen molar-refractivity contribution in [3.05, 3.63) is 24.0 Å². The van der Waals surface area contributed by atoms with Gasteiger partial charge in [-0.15, -0.1) is 0 Å². The van der Waals surface area contributed by atoms with E-state index in [1.54, 1.807) is 0 Å². The summed E-state index contributed by atoms with van der Waals surface area (Å²) in [6.45, 7) is 9.53. The number of nitrogens with zero attached hydrogens (tertiary/aromatic N) is 5. The molecule has 1 fully saturated rings. The SMILES string of the molecule is Cc1nsc(N2CC(Cn3ccnc3C(C)C)C2)n1. The van der Waals surface area contributed by atoms with Gasteiger partial charge in [0.15, 0.2) is 0 Å². The van der Waals surface area contributed by atoms with Crippen LogP contribution in [0.3, 0.4) is 0 Å². The predicted octanol–water partition coefficient (Wildman–Crippen LogP) is 2.30. The minimum atomic E-state index is 0.483. The van der Waals surface area contributed by atoms with Crippen molar-refractivity contribution in [2.24, 2.45) is 5.92 Å². The second-order valence-electron chi connectivity index (χ2n) is 5.49. The largest absolute Gasteiger partial charge is 0.346 e. The van der Waals surface area contributed by atoms with Gasteiger partial charge in [0.2, 0.25) is 5.13 Å². The third-order valence-corrected chi connectivity index (χ3v) is 4.33. The molecule has 1 aliphatic heterocycles. The third-order valence-electron chi connectivity index (χ3n) is 3.46. The Morgan fingerprint density at radius 3 is 2.84 bits per heavy atom. The highest BCUT2D eigenvalue weighted by atomic mass is 32.1. The fourth-order valence-corrected chi connectivity index (χ4v) is 3.20. The van der Waals surface area contributed by atoms with Gasteiger partial charge in [0.05, 0.1) is 0 Å². The van der Waals surface area contributed by atoms with Crippen LogP contribution in [0.15, 0.2) is 12.4 Å². The van der Waals surface area contributed by atoms with E-state index in [1.807, 2.05) is 13.1 Å². The molecule has 102 valence electrons. The van der Waals surface area contributed by atoms with Crippen LogP contribution >= 0.6 is 11.5 Å². The number of hydrogen-bond donors (Lipinski definition) is 0. The van der Waals surface area contributed by atoms with Crippen molar-refractivity contribution in [2.75, 3.05) is 18.0 Å². The van der Waals surface area contributed by atoms with Crippen LogP contribution in [0.5, 0.6) is 0 Å². The molecule has 6 heteroatoms. The summed E-state index contributed by atoms with van der Waals surface area (Å²) in [6.07, 6.45) is 3.99. The number of imidazole rings is 1. The molecule has 5 nitrogen and oxygen atoms in total. The highest BCUT2D eigenvalue weighted by molar-refractivity contribution is 7.09. The van der Waals surface area contributed by atoms with E-state index < -0.39 is 0 Å². The van der Waals surface area contributed by atoms with Crippen LogP contribution < -0.4 is 4.90 Å². The van der Waals surface area contributed by atoms with Crippen molar-refractivity contribution < 1.29 is 0 Å². The highest BCUT2D eigenvalue weighted by Gasteiger charge is 2.29. The maximum absolute atomic E-state index is 4.44. The second-order valence-corrected chi connectivity index (χ2v) is 6.22. The summed E-state index contributed by atoms with van der Waals surface area (Å²) < 4.78 is 6.52. The van der Waals surface area contributed by atoms with Crippen molar-refractivity contribution in [1.29, 1.82) is 0 Å². The fourth-order valence-electron chi connectivity index (χ4n) is 2.51. The zero-order valence-electron chi connectivity index (χ0n) is 11.6. The molecule has 2 aromatic heterocycles. The van der Waals surface area contributed by atoms with E-state index in [0.29, 0.717) is 11.8 Å². The maximum atomic E-state index is 4.44. The van der Waals surface area contributed by atoms with E-state index in [9.17, 15) is 0 Å². The van der Waals surface area contributed by atoms with Gasteiger partial charge in [-0.2, -0.15) is 4.37 Å². The molecule has 0 spiro atoms. The zero-order valence-corrected chi connectivity index (χ0v) is 12.4. The Balaban J connectivity index is 1.58. The van der Waals surface area contributed by atoms with Crippen LogP contribution in [0.4, 0.5) is 5.13 Å². The van der Waals surface area contributed by atoms with Gasteiger partial charge in [-0.1, -0.05) is 13.8 Å². The molecule has 0 unspecified atom stereocenters. The smallest absolute Gasteiger partial charge is 0.205 e. The number of hydrogen-bond acceptors (Lipinski definition) is 5. The predicted molar refractivity (Wildman–Crippen MR) is 76.7 cm³/mol. The quantitative estimate of drug-likeness (QED) is 0.860. The molecular weight excluding hydrogens is 258 g/mol. The lowest BCUT2D eigenvalue weighted by molar-refractivity contribution is 0.350. The summed E-state index contributed by atoms with van der Waals surface area (Å²) in [5, 5.41) is 1.06. The number of anilines is 1. The van der Waals surface area contributed by atoms with Crippen molar-refractivity contribution >= 4 is 16.7 Å². The minimum Gasteiger partial charge on any atom is -0.346 e. The van der Waals surface area contributed by atoms with Gasteiger partial charge in [-0.25, -0.2) is 9.97 Å². The summed E-state index contributed by atoms with van der Waals surface area (Å²) in [5.41, 5.74) is 0. The average molecular weight is 277 g/mol. The van der Waals surface area contributed by atoms with Crippen LogP contribution in [0, 0.1) is 12.8 Å². The van der Waals surface area contributed by atoms with E-state index in [2.05, 4.69) is 43.9 Å². The average Bonchev–Trinajstić information content (AvgIpc) is 2.91. The molecule has 0 atom stereocenters. The Morgan fingerprint density at radius 1 is 1.42 bits per heavy atom. The van der Waals surface area contributed by atoms with Gasteiger partial charge in [0.25, 0.3) is 0 Å². The lowest BCUT2D eigenvalue weighted by Crippen LogP contribution is -2.48. The van der Waals surface area contributed by atoms with Crippen LogP contribution in [-0.4, -0.2) is 32.0 Å². The fraction of sp³-hybridized carbons (Fsp3) is 0.615. The van der Waals surface area contributed by atoms with Crippen molar-refractivity contribution in [3.63, 3.8) is 0 Å². The molecule has 0 saturated carbocycles. The normalized spacial score (nSPS) is 16.1. The third kappa shape index (κ3) is 2.49. The summed E-state index contributed by atoms with van der Waals surface area (Å²) in [7, 11) is 0. The molecule has 0 radical (unpaired) electrons. The van der Waals surface area contributed by atoms with Gasteiger partial charge in [0.1, 0.15) is 11.6 Å². The monoisotopic (exact) mass is 277 g/mol. The first-order chi connectivity index (χ1) is 9.13. The molecule has 0 aliphatic carbocycles. The minimum absolute atomic E-state index is 0.483. The van der Waals surface area contributed by atoms with Crippen molar-refractivity contribution in [3.8, 4) is 0 Å². The van der Waals surface area contributed by atoms with Crippen molar-refractivity contribution in [1.82, 2.24) is 18.9 Å². The topological polar surface area (TPSA) is 46.8 Å². The molecule has 3 rings (SSSR count). The summed E-state index contributed by atoms with van der Waals surface area (Å²) in [4.78, 5) is 11.2. The molecule has 0 aromatic carbocycles. The van der Waals surface area contributed by atoms with Gasteiger partial charge in [-0.3, -0.25) is 0 Å². The second kappa shape index (κ2) is 4.92. The first-order valence-electron chi connectivity index (χ1n) is 6.69. The molecule has 19 heavy (non-hydrogen) atoms. The Bertz CT molecular complexity index is 553. The molecule has 2 aromatic rings. The van der Waals surface area contributed by atoms with E-state index in [0.717, 1.165) is 30.6 Å². The molecule has 3 heterocycles. The molecule has 0 amide bonds. The van der Waals surface area contributed by atoms with Gasteiger partial charge >= 0.3 is 0 Å². The molecule has 0 N–H and O–H groups in total. The molecule has 1 saturated heterocycles. The van der Waals surface area contributed by atoms with E-state index in [1.165, 1.54) is 17.4 Å². The standard InChI is InChI=1S/C13H19N5S/c1-9(2)12-14-4-5-17(12)6-11-7-18(8-11)13-15-10(3)16-19-13/h4-5,9,11H,6-8H2,1-3H3. The van der Waals surface area contributed by atoms with E-state index in [-0.39, 0.29) is 0 Å². The summed E-state index contributed by atoms with van der Waals surface area (Å²) in [6, 6.07) is 0. The Morgan fingerprint density at radius 2 is 2.21 bits per heavy atom. The lowest BCUT2D eigenvalue weighted by atomic mass is 10.0. The van der Waals surface area contributed by atoms with Gasteiger partial charge < -0.3 is 9.47 Å². The molecule has 1 aliphatic rings. The number of aryl methyl sites for hydroxylation is 1. The first kappa shape index (κ1) is 12.6. The van der Waals surface area contributed by atoms with Crippen molar-refractivity contribution in [2.45, 2.75) is 33.2 Å². The molecule has 0 bridgehead atoms. The van der Waals surface area contributed by atoms with Crippen LogP contribution in [0.1, 0.15) is 31.4 Å². The Kier molecular flexibility index (Phi) is 3.26. The number of rotatable bonds is 4. The van der Waals surface area contributed by atoms with Gasteiger partial charge in [-0.05, 0) is 6.92 Å². The van der Waals surface area contributed by atoms with E-state index >= 15 is 0 Å². The van der Waals surface area contributed by atoms with Crippen LogP contribution in [-0.2, 0) is 6.54 Å². The Hall–Kier alpha value is -1.43. The zero-order chi connectivity index (χ0) is 13.4. The van der Waals surface area contributed by atoms with E-state index in [4.69, 9.17) is 0 Å². The molecular formula is C13H19N5S. The summed E-state index contributed by atoms with van der Waals surface area (Å²) in [5.74, 6) is 3.23. The first-order valence-corrected chi connectivity index (χ1v) is 7.47. The highest BCUT2D eigenvalue weighted by Crippen LogP contribution is 2.27. The van der Waals surface area contributed by atoms with Gasteiger partial charge in [0, 0.05) is 55.4 Å². The Labute approximate surface area is 117 Å². The summed E-state index contributed by atoms with van der Waals surface area (Å²) >= 11 is 1.50. The van der Waals surface area contributed by atoms with Crippen LogP contribution in [0.25, 0.3) is 0 Å².